The van der Waals surface area contributed by atoms with Crippen LogP contribution in [0.3, 0.4) is 0 Å². The van der Waals surface area contributed by atoms with Gasteiger partial charge in [-0.25, -0.2) is 0 Å². The second kappa shape index (κ2) is 6.19. The monoisotopic (exact) mass is 324 g/mol. The molecule has 1 aliphatic rings. The topological polar surface area (TPSA) is 49.4 Å². The molecule has 1 fully saturated rings. The summed E-state index contributed by atoms with van der Waals surface area (Å²) in [4.78, 5) is 25.1. The van der Waals surface area contributed by atoms with Gasteiger partial charge in [-0.05, 0) is 37.1 Å². The molecule has 0 spiro atoms. The number of amides is 2. The lowest BCUT2D eigenvalue weighted by atomic mass is 9.96. The van der Waals surface area contributed by atoms with Crippen LogP contribution in [-0.2, 0) is 9.59 Å². The van der Waals surface area contributed by atoms with Crippen molar-refractivity contribution >= 4 is 33.4 Å². The normalized spacial score (nSPS) is 16.2. The van der Waals surface area contributed by atoms with Gasteiger partial charge in [-0.15, -0.1) is 0 Å². The molecule has 1 aromatic carbocycles. The number of piperidine rings is 1. The van der Waals surface area contributed by atoms with Gasteiger partial charge in [0.05, 0.1) is 0 Å². The molecule has 4 nitrogen and oxygen atoms in total. The Balaban J connectivity index is 1.88. The first-order chi connectivity index (χ1) is 9.06. The molecule has 2 amide bonds. The smallest absolute Gasteiger partial charge is 0.227 e. The van der Waals surface area contributed by atoms with Gasteiger partial charge in [-0.3, -0.25) is 9.59 Å². The van der Waals surface area contributed by atoms with Crippen LogP contribution >= 0.6 is 15.9 Å². The fraction of sp³-hybridized carbons (Fsp3) is 0.429. The molecule has 1 heterocycles. The van der Waals surface area contributed by atoms with Crippen LogP contribution in [0.15, 0.2) is 28.7 Å². The average molecular weight is 325 g/mol. The molecule has 1 aliphatic heterocycles. The molecule has 0 radical (unpaired) electrons. The van der Waals surface area contributed by atoms with Gasteiger partial charge in [0.25, 0.3) is 0 Å². The van der Waals surface area contributed by atoms with Gasteiger partial charge in [0.2, 0.25) is 11.8 Å². The van der Waals surface area contributed by atoms with Crippen LogP contribution < -0.4 is 5.32 Å². The largest absolute Gasteiger partial charge is 0.343 e. The second-order valence-electron chi connectivity index (χ2n) is 4.78. The van der Waals surface area contributed by atoms with Crippen LogP contribution in [0.4, 0.5) is 5.69 Å². The van der Waals surface area contributed by atoms with E-state index >= 15 is 0 Å². The predicted molar refractivity (Wildman–Crippen MR) is 77.7 cm³/mol. The van der Waals surface area contributed by atoms with Gasteiger partial charge in [0.15, 0.2) is 0 Å². The summed E-state index contributed by atoms with van der Waals surface area (Å²) in [6.45, 7) is 2.92. The van der Waals surface area contributed by atoms with E-state index < -0.39 is 0 Å². The minimum atomic E-state index is -0.000697. The second-order valence-corrected chi connectivity index (χ2v) is 5.69. The summed E-state index contributed by atoms with van der Waals surface area (Å²) in [5, 5.41) is 2.92. The molecule has 0 aromatic heterocycles. The maximum atomic E-state index is 12.1. The van der Waals surface area contributed by atoms with E-state index in [2.05, 4.69) is 21.2 Å². The number of likely N-dealkylation sites (tertiary alicyclic amines) is 1. The third-order valence-corrected chi connectivity index (χ3v) is 3.95. The molecular formula is C14H17BrN2O2. The zero-order chi connectivity index (χ0) is 13.8. The van der Waals surface area contributed by atoms with E-state index in [0.717, 1.165) is 23.0 Å². The van der Waals surface area contributed by atoms with Crippen LogP contribution in [0.1, 0.15) is 19.8 Å². The van der Waals surface area contributed by atoms with Crippen LogP contribution in [0, 0.1) is 5.92 Å². The highest BCUT2D eigenvalue weighted by atomic mass is 79.9. The Morgan fingerprint density at radius 3 is 2.32 bits per heavy atom. The lowest BCUT2D eigenvalue weighted by molar-refractivity contribution is -0.132. The zero-order valence-electron chi connectivity index (χ0n) is 10.9. The van der Waals surface area contributed by atoms with Crippen molar-refractivity contribution in [2.24, 2.45) is 5.92 Å². The summed E-state index contributed by atoms with van der Waals surface area (Å²) in [5.74, 6) is 0.136. The van der Waals surface area contributed by atoms with Crippen LogP contribution in [-0.4, -0.2) is 29.8 Å². The number of anilines is 1. The predicted octanol–water partition coefficient (Wildman–Crippen LogP) is 2.65. The van der Waals surface area contributed by atoms with Crippen molar-refractivity contribution in [2.75, 3.05) is 18.4 Å². The highest BCUT2D eigenvalue weighted by Crippen LogP contribution is 2.20. The van der Waals surface area contributed by atoms with Crippen molar-refractivity contribution in [1.29, 1.82) is 0 Å². The number of benzene rings is 1. The molecule has 0 atom stereocenters. The summed E-state index contributed by atoms with van der Waals surface area (Å²) in [7, 11) is 0. The molecule has 1 aromatic rings. The molecular weight excluding hydrogens is 308 g/mol. The number of carbonyl (C=O) groups is 2. The van der Waals surface area contributed by atoms with Gasteiger partial charge in [-0.2, -0.15) is 0 Å². The Bertz CT molecular complexity index is 465. The third kappa shape index (κ3) is 3.80. The fourth-order valence-corrected chi connectivity index (χ4v) is 2.50. The maximum Gasteiger partial charge on any atom is 0.227 e. The molecule has 5 heteroatoms. The lowest BCUT2D eigenvalue weighted by Crippen LogP contribution is -2.40. The van der Waals surface area contributed by atoms with Crippen LogP contribution in [0.5, 0.6) is 0 Å². The molecule has 0 bridgehead atoms. The van der Waals surface area contributed by atoms with E-state index in [9.17, 15) is 9.59 Å². The summed E-state index contributed by atoms with van der Waals surface area (Å²) >= 11 is 3.36. The van der Waals surface area contributed by atoms with Gasteiger partial charge in [0, 0.05) is 36.1 Å². The number of nitrogens with one attached hydrogen (secondary N) is 1. The minimum absolute atomic E-state index is 0.000697. The first kappa shape index (κ1) is 14.1. The van der Waals surface area contributed by atoms with Crippen molar-refractivity contribution in [3.63, 3.8) is 0 Å². The van der Waals surface area contributed by atoms with E-state index in [4.69, 9.17) is 0 Å². The number of nitrogens with zero attached hydrogens (tertiary/aromatic N) is 1. The fourth-order valence-electron chi connectivity index (χ4n) is 2.23. The third-order valence-electron chi connectivity index (χ3n) is 3.42. The number of hydrogen-bond donors (Lipinski definition) is 1. The number of halogens is 1. The first-order valence-electron chi connectivity index (χ1n) is 6.38. The van der Waals surface area contributed by atoms with Crippen molar-refractivity contribution in [3.8, 4) is 0 Å². The lowest BCUT2D eigenvalue weighted by Gasteiger charge is -2.30. The van der Waals surface area contributed by atoms with E-state index in [0.29, 0.717) is 13.1 Å². The first-order valence-corrected chi connectivity index (χ1v) is 7.17. The maximum absolute atomic E-state index is 12.1. The van der Waals surface area contributed by atoms with Gasteiger partial charge >= 0.3 is 0 Å². The van der Waals surface area contributed by atoms with Crippen LogP contribution in [0.2, 0.25) is 0 Å². The van der Waals surface area contributed by atoms with Crippen molar-refractivity contribution in [3.05, 3.63) is 28.7 Å². The Hall–Kier alpha value is -1.36. The van der Waals surface area contributed by atoms with E-state index in [1.807, 2.05) is 24.3 Å². The highest BCUT2D eigenvalue weighted by Gasteiger charge is 2.25. The van der Waals surface area contributed by atoms with E-state index in [1.54, 1.807) is 11.8 Å². The molecule has 1 saturated heterocycles. The quantitative estimate of drug-likeness (QED) is 0.909. The van der Waals surface area contributed by atoms with Gasteiger partial charge in [-0.1, -0.05) is 15.9 Å². The summed E-state index contributed by atoms with van der Waals surface area (Å²) in [6, 6.07) is 7.53. The molecule has 0 unspecified atom stereocenters. The Morgan fingerprint density at radius 1 is 1.21 bits per heavy atom. The molecule has 2 rings (SSSR count). The molecule has 0 saturated carbocycles. The Morgan fingerprint density at radius 2 is 1.79 bits per heavy atom. The molecule has 19 heavy (non-hydrogen) atoms. The Kier molecular flexibility index (Phi) is 4.58. The summed E-state index contributed by atoms with van der Waals surface area (Å²) < 4.78 is 0.986. The van der Waals surface area contributed by atoms with Gasteiger partial charge < -0.3 is 10.2 Å². The van der Waals surface area contributed by atoms with E-state index in [1.165, 1.54) is 0 Å². The molecule has 1 N–H and O–H groups in total. The van der Waals surface area contributed by atoms with Crippen LogP contribution in [0.25, 0.3) is 0 Å². The Labute approximate surface area is 121 Å². The number of hydrogen-bond acceptors (Lipinski definition) is 2. The zero-order valence-corrected chi connectivity index (χ0v) is 12.4. The van der Waals surface area contributed by atoms with Crippen molar-refractivity contribution in [2.45, 2.75) is 19.8 Å². The number of carbonyl (C=O) groups excluding carboxylic acids is 2. The van der Waals surface area contributed by atoms with E-state index in [-0.39, 0.29) is 17.7 Å². The molecule has 102 valence electrons. The van der Waals surface area contributed by atoms with Gasteiger partial charge in [0.1, 0.15) is 0 Å². The SMILES string of the molecule is CC(=O)N1CCC(C(=O)Nc2ccc(Br)cc2)CC1. The molecule has 0 aliphatic carbocycles. The summed E-state index contributed by atoms with van der Waals surface area (Å²) in [6.07, 6.45) is 1.48. The average Bonchev–Trinajstić information content (AvgIpc) is 2.41. The minimum Gasteiger partial charge on any atom is -0.343 e. The van der Waals surface area contributed by atoms with Crippen molar-refractivity contribution in [1.82, 2.24) is 4.90 Å². The highest BCUT2D eigenvalue weighted by molar-refractivity contribution is 9.10. The summed E-state index contributed by atoms with van der Waals surface area (Å²) in [5.41, 5.74) is 0.808. The van der Waals surface area contributed by atoms with Crippen molar-refractivity contribution < 1.29 is 9.59 Å². The standard InChI is InChI=1S/C14H17BrN2O2/c1-10(18)17-8-6-11(7-9-17)14(19)16-13-4-2-12(15)3-5-13/h2-5,11H,6-9H2,1H3,(H,16,19). The number of rotatable bonds is 2.